The Morgan fingerprint density at radius 1 is 0.944 bits per heavy atom. The number of fused-ring (bicyclic) bond motifs is 1. The zero-order valence-corrected chi connectivity index (χ0v) is 9.68. The molecule has 3 aromatic rings. The molecule has 3 nitrogen and oxygen atoms in total. The van der Waals surface area contributed by atoms with Gasteiger partial charge < -0.3 is 10.7 Å². The number of nitrogens with two attached hydrogens (primary N) is 1. The van der Waals surface area contributed by atoms with Crippen LogP contribution in [-0.2, 0) is 0 Å². The number of aromatic nitrogens is 1. The van der Waals surface area contributed by atoms with Crippen molar-refractivity contribution in [3.63, 3.8) is 0 Å². The molecule has 0 aliphatic rings. The van der Waals surface area contributed by atoms with Crippen LogP contribution in [0.1, 0.15) is 0 Å². The molecule has 0 saturated heterocycles. The van der Waals surface area contributed by atoms with Gasteiger partial charge in [0.05, 0.1) is 5.69 Å². The average molecular weight is 236 g/mol. The van der Waals surface area contributed by atoms with E-state index in [4.69, 9.17) is 5.73 Å². The number of anilines is 1. The number of hydrogen-bond donors (Lipinski definition) is 2. The van der Waals surface area contributed by atoms with E-state index < -0.39 is 0 Å². The van der Waals surface area contributed by atoms with E-state index in [-0.39, 0.29) is 5.43 Å². The van der Waals surface area contributed by atoms with Crippen molar-refractivity contribution in [1.82, 2.24) is 4.98 Å². The molecule has 0 fully saturated rings. The third-order valence-corrected chi connectivity index (χ3v) is 2.99. The quantitative estimate of drug-likeness (QED) is 0.638. The lowest BCUT2D eigenvalue weighted by atomic mass is 10.1. The van der Waals surface area contributed by atoms with Gasteiger partial charge in [-0.25, -0.2) is 0 Å². The lowest BCUT2D eigenvalue weighted by molar-refractivity contribution is 1.38. The highest BCUT2D eigenvalue weighted by molar-refractivity contribution is 5.83. The van der Waals surface area contributed by atoms with Gasteiger partial charge in [-0.15, -0.1) is 0 Å². The summed E-state index contributed by atoms with van der Waals surface area (Å²) in [6, 6.07) is 16.5. The first kappa shape index (κ1) is 10.6. The zero-order chi connectivity index (χ0) is 12.5. The van der Waals surface area contributed by atoms with Crippen LogP contribution in [0.15, 0.2) is 59.4 Å². The highest BCUT2D eigenvalue weighted by atomic mass is 16.1. The molecule has 2 aromatic carbocycles. The van der Waals surface area contributed by atoms with Crippen LogP contribution in [0.5, 0.6) is 0 Å². The fourth-order valence-corrected chi connectivity index (χ4v) is 2.08. The van der Waals surface area contributed by atoms with E-state index in [1.54, 1.807) is 6.07 Å². The van der Waals surface area contributed by atoms with Gasteiger partial charge in [-0.2, -0.15) is 0 Å². The molecule has 0 saturated carbocycles. The Bertz CT molecular complexity index is 775. The van der Waals surface area contributed by atoms with Crippen LogP contribution >= 0.6 is 0 Å². The molecular weight excluding hydrogens is 224 g/mol. The SMILES string of the molecule is Nc1ccccc1-c1cc(=O)c2ccccc2[nH]1. The van der Waals surface area contributed by atoms with E-state index in [1.807, 2.05) is 48.5 Å². The van der Waals surface area contributed by atoms with Gasteiger partial charge in [0.2, 0.25) is 0 Å². The third-order valence-electron chi connectivity index (χ3n) is 2.99. The highest BCUT2D eigenvalue weighted by Crippen LogP contribution is 2.23. The molecule has 0 bridgehead atoms. The lowest BCUT2D eigenvalue weighted by Crippen LogP contribution is -2.03. The summed E-state index contributed by atoms with van der Waals surface area (Å²) < 4.78 is 0. The molecule has 3 rings (SSSR count). The molecule has 0 amide bonds. The number of para-hydroxylation sites is 2. The van der Waals surface area contributed by atoms with Gasteiger partial charge in [0, 0.05) is 28.2 Å². The molecule has 0 radical (unpaired) electrons. The topological polar surface area (TPSA) is 58.9 Å². The number of H-pyrrole nitrogens is 1. The van der Waals surface area contributed by atoms with Gasteiger partial charge in [-0.1, -0.05) is 30.3 Å². The van der Waals surface area contributed by atoms with Gasteiger partial charge in [0.15, 0.2) is 5.43 Å². The minimum atomic E-state index is 0.00241. The van der Waals surface area contributed by atoms with E-state index in [0.717, 1.165) is 16.8 Å². The van der Waals surface area contributed by atoms with E-state index in [2.05, 4.69) is 4.98 Å². The van der Waals surface area contributed by atoms with Gasteiger partial charge in [-0.05, 0) is 18.2 Å². The summed E-state index contributed by atoms with van der Waals surface area (Å²) in [5.74, 6) is 0. The van der Waals surface area contributed by atoms with Crippen molar-refractivity contribution in [2.45, 2.75) is 0 Å². The van der Waals surface area contributed by atoms with E-state index in [0.29, 0.717) is 11.1 Å². The van der Waals surface area contributed by atoms with Crippen molar-refractivity contribution < 1.29 is 0 Å². The first-order chi connectivity index (χ1) is 8.75. The summed E-state index contributed by atoms with van der Waals surface area (Å²) in [5, 5.41) is 0.691. The normalized spacial score (nSPS) is 10.7. The number of rotatable bonds is 1. The Morgan fingerprint density at radius 3 is 2.50 bits per heavy atom. The van der Waals surface area contributed by atoms with Crippen molar-refractivity contribution in [3.05, 3.63) is 64.8 Å². The molecule has 0 spiro atoms. The molecule has 18 heavy (non-hydrogen) atoms. The van der Waals surface area contributed by atoms with E-state index >= 15 is 0 Å². The third kappa shape index (κ3) is 1.66. The lowest BCUT2D eigenvalue weighted by Gasteiger charge is -2.07. The maximum Gasteiger partial charge on any atom is 0.190 e. The smallest absolute Gasteiger partial charge is 0.190 e. The number of nitrogen functional groups attached to an aromatic ring is 1. The second-order valence-electron chi connectivity index (χ2n) is 4.18. The summed E-state index contributed by atoms with van der Waals surface area (Å²) in [6.07, 6.45) is 0. The molecule has 0 aliphatic heterocycles. The van der Waals surface area contributed by atoms with E-state index in [9.17, 15) is 4.79 Å². The molecule has 1 aromatic heterocycles. The Labute approximate surface area is 104 Å². The van der Waals surface area contributed by atoms with E-state index in [1.165, 1.54) is 0 Å². The predicted octanol–water partition coefficient (Wildman–Crippen LogP) is 2.78. The second kappa shape index (κ2) is 4.04. The maximum atomic E-state index is 12.0. The summed E-state index contributed by atoms with van der Waals surface area (Å²) >= 11 is 0. The number of benzene rings is 2. The Morgan fingerprint density at radius 2 is 1.67 bits per heavy atom. The Kier molecular flexibility index (Phi) is 2.38. The summed E-state index contributed by atoms with van der Waals surface area (Å²) in [6.45, 7) is 0. The summed E-state index contributed by atoms with van der Waals surface area (Å²) in [5.41, 5.74) is 9.00. The van der Waals surface area contributed by atoms with Crippen LogP contribution in [0.3, 0.4) is 0 Å². The first-order valence-corrected chi connectivity index (χ1v) is 5.72. The zero-order valence-electron chi connectivity index (χ0n) is 9.68. The molecule has 0 unspecified atom stereocenters. The van der Waals surface area contributed by atoms with Gasteiger partial charge in [0.1, 0.15) is 0 Å². The molecule has 1 heterocycles. The number of pyridine rings is 1. The van der Waals surface area contributed by atoms with Crippen LogP contribution < -0.4 is 11.2 Å². The minimum Gasteiger partial charge on any atom is -0.398 e. The molecular formula is C15H12N2O. The van der Waals surface area contributed by atoms with Crippen LogP contribution in [-0.4, -0.2) is 4.98 Å². The number of nitrogens with one attached hydrogen (secondary N) is 1. The predicted molar refractivity (Wildman–Crippen MR) is 74.4 cm³/mol. The minimum absolute atomic E-state index is 0.00241. The summed E-state index contributed by atoms with van der Waals surface area (Å²) in [7, 11) is 0. The second-order valence-corrected chi connectivity index (χ2v) is 4.18. The average Bonchev–Trinajstić information content (AvgIpc) is 2.39. The van der Waals surface area contributed by atoms with Crippen molar-refractivity contribution in [1.29, 1.82) is 0 Å². The maximum absolute atomic E-state index is 12.0. The monoisotopic (exact) mass is 236 g/mol. The Balaban J connectivity index is 2.32. The van der Waals surface area contributed by atoms with Gasteiger partial charge >= 0.3 is 0 Å². The van der Waals surface area contributed by atoms with Crippen LogP contribution in [0, 0.1) is 0 Å². The van der Waals surface area contributed by atoms with Crippen LogP contribution in [0.25, 0.3) is 22.2 Å². The number of hydrogen-bond acceptors (Lipinski definition) is 2. The van der Waals surface area contributed by atoms with Crippen molar-refractivity contribution in [2.24, 2.45) is 0 Å². The highest BCUT2D eigenvalue weighted by Gasteiger charge is 2.05. The van der Waals surface area contributed by atoms with Crippen molar-refractivity contribution in [3.8, 4) is 11.3 Å². The van der Waals surface area contributed by atoms with Crippen molar-refractivity contribution in [2.75, 3.05) is 5.73 Å². The standard InChI is InChI=1S/C15H12N2O/c16-12-7-3-1-5-10(12)14-9-15(18)11-6-2-4-8-13(11)17-14/h1-9H,16H2,(H,17,18). The molecule has 0 atom stereocenters. The fraction of sp³-hybridized carbons (Fsp3) is 0. The molecule has 3 heteroatoms. The Hall–Kier alpha value is -2.55. The number of aromatic amines is 1. The molecule has 0 aliphatic carbocycles. The van der Waals surface area contributed by atoms with Gasteiger partial charge in [-0.3, -0.25) is 4.79 Å². The molecule has 88 valence electrons. The first-order valence-electron chi connectivity index (χ1n) is 5.72. The van der Waals surface area contributed by atoms with Gasteiger partial charge in [0.25, 0.3) is 0 Å². The van der Waals surface area contributed by atoms with Crippen molar-refractivity contribution >= 4 is 16.6 Å². The summed E-state index contributed by atoms with van der Waals surface area (Å²) in [4.78, 5) is 15.3. The fourth-order valence-electron chi connectivity index (χ4n) is 2.08. The van der Waals surface area contributed by atoms with Crippen LogP contribution in [0.2, 0.25) is 0 Å². The van der Waals surface area contributed by atoms with Crippen LogP contribution in [0.4, 0.5) is 5.69 Å². The largest absolute Gasteiger partial charge is 0.398 e. The molecule has 3 N–H and O–H groups in total.